The summed E-state index contributed by atoms with van der Waals surface area (Å²) in [5, 5.41) is 6.65. The second-order valence-electron chi connectivity index (χ2n) is 6.26. The monoisotopic (exact) mass is 399 g/mol. The van der Waals surface area contributed by atoms with Crippen molar-refractivity contribution in [3.63, 3.8) is 0 Å². The second-order valence-corrected chi connectivity index (χ2v) is 6.26. The van der Waals surface area contributed by atoms with E-state index in [4.69, 9.17) is 4.74 Å². The molecule has 150 valence electrons. The molecule has 0 saturated heterocycles. The van der Waals surface area contributed by atoms with Gasteiger partial charge in [0, 0.05) is 5.56 Å². The largest absolute Gasteiger partial charge is 0.497 e. The fourth-order valence-corrected chi connectivity index (χ4v) is 2.57. The molecule has 0 unspecified atom stereocenters. The van der Waals surface area contributed by atoms with Gasteiger partial charge in [-0.3, -0.25) is 9.59 Å². The second kappa shape index (κ2) is 10.4. The summed E-state index contributed by atoms with van der Waals surface area (Å²) < 4.78 is 5.11. The molecule has 3 aromatic carbocycles. The number of methoxy groups -OCH3 is 1. The number of amides is 2. The third kappa shape index (κ3) is 5.90. The third-order valence-corrected chi connectivity index (χ3v) is 4.13. The van der Waals surface area contributed by atoms with Crippen LogP contribution in [-0.4, -0.2) is 25.1 Å². The summed E-state index contributed by atoms with van der Waals surface area (Å²) in [7, 11) is 1.59. The maximum absolute atomic E-state index is 12.7. The predicted molar refractivity (Wildman–Crippen MR) is 117 cm³/mol. The molecule has 0 spiro atoms. The number of carbonyl (C=O) groups excluding carboxylic acids is 2. The predicted octanol–water partition coefficient (Wildman–Crippen LogP) is 3.62. The van der Waals surface area contributed by atoms with E-state index in [-0.39, 0.29) is 11.6 Å². The Morgan fingerprint density at radius 1 is 0.833 bits per heavy atom. The summed E-state index contributed by atoms with van der Waals surface area (Å²) in [5.74, 6) is -0.187. The van der Waals surface area contributed by atoms with Crippen molar-refractivity contribution < 1.29 is 14.3 Å². The molecule has 30 heavy (non-hydrogen) atoms. The minimum atomic E-state index is -0.534. The lowest BCUT2D eigenvalue weighted by Crippen LogP contribution is -2.32. The lowest BCUT2D eigenvalue weighted by Gasteiger charge is -2.09. The average molecular weight is 399 g/mol. The molecule has 2 N–H and O–H groups in total. The Labute approximate surface area is 174 Å². The van der Waals surface area contributed by atoms with Gasteiger partial charge in [-0.2, -0.15) is 5.10 Å². The van der Waals surface area contributed by atoms with Crippen molar-refractivity contribution in [2.75, 3.05) is 7.11 Å². The number of carbonyl (C=O) groups is 2. The minimum absolute atomic E-state index is 0.0851. The SMILES string of the molecule is COc1ccc(C=NNC(=O)/C(=C/c2ccccc2)NC(=O)c2ccccc2)cc1. The fraction of sp³-hybridized carbons (Fsp3) is 0.0417. The van der Waals surface area contributed by atoms with Crippen LogP contribution in [0.2, 0.25) is 0 Å². The van der Waals surface area contributed by atoms with Crippen LogP contribution in [-0.2, 0) is 4.79 Å². The van der Waals surface area contributed by atoms with Gasteiger partial charge in [0.2, 0.25) is 0 Å². The Hall–Kier alpha value is -4.19. The number of hydrogen-bond donors (Lipinski definition) is 2. The van der Waals surface area contributed by atoms with Crippen LogP contribution in [0.1, 0.15) is 21.5 Å². The zero-order valence-electron chi connectivity index (χ0n) is 16.4. The summed E-state index contributed by atoms with van der Waals surface area (Å²) >= 11 is 0. The first-order valence-electron chi connectivity index (χ1n) is 9.26. The van der Waals surface area contributed by atoms with E-state index in [2.05, 4.69) is 15.8 Å². The highest BCUT2D eigenvalue weighted by molar-refractivity contribution is 6.05. The molecule has 0 aliphatic carbocycles. The van der Waals surface area contributed by atoms with Gasteiger partial charge in [0.25, 0.3) is 11.8 Å². The maximum atomic E-state index is 12.7. The summed E-state index contributed by atoms with van der Waals surface area (Å²) in [6, 6.07) is 25.1. The van der Waals surface area contributed by atoms with Crippen molar-refractivity contribution in [3.8, 4) is 5.75 Å². The lowest BCUT2D eigenvalue weighted by atomic mass is 10.1. The molecule has 3 rings (SSSR count). The summed E-state index contributed by atoms with van der Waals surface area (Å²) in [4.78, 5) is 25.2. The number of benzene rings is 3. The first-order chi connectivity index (χ1) is 14.7. The molecule has 0 bridgehead atoms. The average Bonchev–Trinajstić information content (AvgIpc) is 2.80. The van der Waals surface area contributed by atoms with Gasteiger partial charge in [-0.15, -0.1) is 0 Å². The summed E-state index contributed by atoms with van der Waals surface area (Å²) in [6.45, 7) is 0. The quantitative estimate of drug-likeness (QED) is 0.362. The van der Waals surface area contributed by atoms with Crippen LogP contribution in [0.25, 0.3) is 6.08 Å². The first-order valence-corrected chi connectivity index (χ1v) is 9.26. The molecule has 0 aliphatic rings. The molecule has 6 nitrogen and oxygen atoms in total. The van der Waals surface area contributed by atoms with Gasteiger partial charge in [-0.05, 0) is 53.6 Å². The van der Waals surface area contributed by atoms with Crippen molar-refractivity contribution in [2.45, 2.75) is 0 Å². The molecular formula is C24H21N3O3. The Morgan fingerprint density at radius 2 is 1.47 bits per heavy atom. The number of ether oxygens (including phenoxy) is 1. The molecule has 3 aromatic rings. The van der Waals surface area contributed by atoms with E-state index in [9.17, 15) is 9.59 Å². The van der Waals surface area contributed by atoms with E-state index in [1.807, 2.05) is 48.5 Å². The van der Waals surface area contributed by atoms with Gasteiger partial charge in [0.05, 0.1) is 13.3 Å². The lowest BCUT2D eigenvalue weighted by molar-refractivity contribution is -0.117. The highest BCUT2D eigenvalue weighted by atomic mass is 16.5. The number of rotatable bonds is 7. The Balaban J connectivity index is 1.75. The Bertz CT molecular complexity index is 1040. The zero-order valence-corrected chi connectivity index (χ0v) is 16.4. The third-order valence-electron chi connectivity index (χ3n) is 4.13. The van der Waals surface area contributed by atoms with Crippen molar-refractivity contribution in [3.05, 3.63) is 107 Å². The first kappa shape index (κ1) is 20.5. The highest BCUT2D eigenvalue weighted by Gasteiger charge is 2.14. The van der Waals surface area contributed by atoms with E-state index < -0.39 is 5.91 Å². The van der Waals surface area contributed by atoms with E-state index in [0.717, 1.165) is 16.9 Å². The van der Waals surface area contributed by atoms with E-state index in [1.54, 1.807) is 49.6 Å². The van der Waals surface area contributed by atoms with Gasteiger partial charge >= 0.3 is 0 Å². The fourth-order valence-electron chi connectivity index (χ4n) is 2.57. The smallest absolute Gasteiger partial charge is 0.287 e. The van der Waals surface area contributed by atoms with Crippen LogP contribution in [0.15, 0.2) is 95.7 Å². The maximum Gasteiger partial charge on any atom is 0.287 e. The summed E-state index contributed by atoms with van der Waals surface area (Å²) in [5.41, 5.74) is 4.55. The zero-order chi connectivity index (χ0) is 21.2. The summed E-state index contributed by atoms with van der Waals surface area (Å²) in [6.07, 6.45) is 3.11. The topological polar surface area (TPSA) is 79.8 Å². The van der Waals surface area contributed by atoms with E-state index >= 15 is 0 Å². The van der Waals surface area contributed by atoms with Crippen LogP contribution in [0.3, 0.4) is 0 Å². The van der Waals surface area contributed by atoms with E-state index in [0.29, 0.717) is 5.56 Å². The van der Waals surface area contributed by atoms with Gasteiger partial charge in [0.15, 0.2) is 0 Å². The number of nitrogens with one attached hydrogen (secondary N) is 2. The molecule has 2 amide bonds. The number of hydrogen-bond acceptors (Lipinski definition) is 4. The molecule has 0 aliphatic heterocycles. The Kier molecular flexibility index (Phi) is 7.11. The van der Waals surface area contributed by atoms with Crippen molar-refractivity contribution in [2.24, 2.45) is 5.10 Å². The molecular weight excluding hydrogens is 378 g/mol. The molecule has 0 aromatic heterocycles. The Morgan fingerprint density at radius 3 is 2.10 bits per heavy atom. The number of nitrogens with zero attached hydrogens (tertiary/aromatic N) is 1. The van der Waals surface area contributed by atoms with Gasteiger partial charge in [-0.25, -0.2) is 5.43 Å². The van der Waals surface area contributed by atoms with E-state index in [1.165, 1.54) is 6.21 Å². The standard InChI is InChI=1S/C24H21N3O3/c1-30-21-14-12-19(13-15-21)17-25-27-24(29)22(16-18-8-4-2-5-9-18)26-23(28)20-10-6-3-7-11-20/h2-17H,1H3,(H,26,28)(H,27,29)/b22-16-,25-17?. The van der Waals surface area contributed by atoms with Gasteiger partial charge in [0.1, 0.15) is 11.4 Å². The minimum Gasteiger partial charge on any atom is -0.497 e. The molecule has 0 heterocycles. The molecule has 6 heteroatoms. The van der Waals surface area contributed by atoms with Gasteiger partial charge < -0.3 is 10.1 Å². The van der Waals surface area contributed by atoms with Crippen molar-refractivity contribution in [1.29, 1.82) is 0 Å². The normalized spacial score (nSPS) is 11.2. The van der Waals surface area contributed by atoms with Crippen molar-refractivity contribution in [1.82, 2.24) is 10.7 Å². The van der Waals surface area contributed by atoms with Crippen LogP contribution < -0.4 is 15.5 Å². The van der Waals surface area contributed by atoms with Crippen molar-refractivity contribution >= 4 is 24.1 Å². The van der Waals surface area contributed by atoms with Gasteiger partial charge in [-0.1, -0.05) is 48.5 Å². The van der Waals surface area contributed by atoms with Crippen LogP contribution in [0, 0.1) is 0 Å². The number of hydrazone groups is 1. The molecule has 0 radical (unpaired) electrons. The van der Waals surface area contributed by atoms with Crippen LogP contribution in [0.5, 0.6) is 5.75 Å². The molecule has 0 saturated carbocycles. The van der Waals surface area contributed by atoms with Crippen LogP contribution in [0.4, 0.5) is 0 Å². The highest BCUT2D eigenvalue weighted by Crippen LogP contribution is 2.10. The molecule has 0 fully saturated rings. The molecule has 0 atom stereocenters. The van der Waals surface area contributed by atoms with Crippen LogP contribution >= 0.6 is 0 Å².